The number of rotatable bonds is 1. The SMILES string of the molecule is Cc1cc(C)n(-c2ncnc(Cl)c2Br)n1. The molecule has 4 nitrogen and oxygen atoms in total. The molecule has 0 aromatic carbocycles. The van der Waals surface area contributed by atoms with Gasteiger partial charge in [0.05, 0.1) is 10.2 Å². The Labute approximate surface area is 100 Å². The number of aromatic nitrogens is 4. The largest absolute Gasteiger partial charge is 0.223 e. The van der Waals surface area contributed by atoms with E-state index in [0.717, 1.165) is 11.4 Å². The maximum absolute atomic E-state index is 5.88. The summed E-state index contributed by atoms with van der Waals surface area (Å²) in [5.41, 5.74) is 1.94. The van der Waals surface area contributed by atoms with E-state index >= 15 is 0 Å². The molecule has 78 valence electrons. The summed E-state index contributed by atoms with van der Waals surface area (Å²) in [6.45, 7) is 3.89. The lowest BCUT2D eigenvalue weighted by molar-refractivity contribution is 0.795. The summed E-state index contributed by atoms with van der Waals surface area (Å²) in [6.07, 6.45) is 1.42. The first-order valence-corrected chi connectivity index (χ1v) is 5.46. The van der Waals surface area contributed by atoms with Gasteiger partial charge in [-0.1, -0.05) is 11.6 Å². The van der Waals surface area contributed by atoms with E-state index in [2.05, 4.69) is 31.0 Å². The van der Waals surface area contributed by atoms with Crippen LogP contribution in [0.2, 0.25) is 5.15 Å². The topological polar surface area (TPSA) is 43.6 Å². The predicted octanol–water partition coefficient (Wildman–Crippen LogP) is 2.70. The molecule has 0 spiro atoms. The molecule has 0 aliphatic carbocycles. The zero-order valence-electron chi connectivity index (χ0n) is 8.20. The average Bonchev–Trinajstić information content (AvgIpc) is 2.50. The molecule has 0 atom stereocenters. The van der Waals surface area contributed by atoms with Crippen LogP contribution in [0.3, 0.4) is 0 Å². The highest BCUT2D eigenvalue weighted by Gasteiger charge is 2.11. The Bertz CT molecular complexity index is 509. The Hall–Kier alpha value is -0.940. The van der Waals surface area contributed by atoms with Gasteiger partial charge < -0.3 is 0 Å². The van der Waals surface area contributed by atoms with E-state index in [1.165, 1.54) is 6.33 Å². The molecule has 0 aliphatic heterocycles. The van der Waals surface area contributed by atoms with Crippen LogP contribution >= 0.6 is 27.5 Å². The van der Waals surface area contributed by atoms with Crippen molar-refractivity contribution in [3.05, 3.63) is 33.4 Å². The van der Waals surface area contributed by atoms with Crippen LogP contribution in [-0.4, -0.2) is 19.7 Å². The molecular weight excluding hydrogens is 279 g/mol. The van der Waals surface area contributed by atoms with Gasteiger partial charge in [-0.3, -0.25) is 0 Å². The monoisotopic (exact) mass is 286 g/mol. The van der Waals surface area contributed by atoms with Gasteiger partial charge in [-0.2, -0.15) is 5.10 Å². The van der Waals surface area contributed by atoms with Crippen LogP contribution in [0.15, 0.2) is 16.9 Å². The van der Waals surface area contributed by atoms with Gasteiger partial charge in [-0.15, -0.1) is 0 Å². The van der Waals surface area contributed by atoms with Crippen molar-refractivity contribution in [3.8, 4) is 5.82 Å². The zero-order valence-corrected chi connectivity index (χ0v) is 10.5. The zero-order chi connectivity index (χ0) is 11.0. The summed E-state index contributed by atoms with van der Waals surface area (Å²) in [7, 11) is 0. The highest BCUT2D eigenvalue weighted by Crippen LogP contribution is 2.25. The van der Waals surface area contributed by atoms with Crippen molar-refractivity contribution in [1.29, 1.82) is 0 Å². The molecule has 0 unspecified atom stereocenters. The van der Waals surface area contributed by atoms with E-state index in [4.69, 9.17) is 11.6 Å². The van der Waals surface area contributed by atoms with Crippen molar-refractivity contribution in [3.63, 3.8) is 0 Å². The quantitative estimate of drug-likeness (QED) is 0.758. The second kappa shape index (κ2) is 3.90. The molecule has 0 fully saturated rings. The summed E-state index contributed by atoms with van der Waals surface area (Å²) < 4.78 is 2.38. The van der Waals surface area contributed by atoms with E-state index in [9.17, 15) is 0 Å². The van der Waals surface area contributed by atoms with E-state index < -0.39 is 0 Å². The van der Waals surface area contributed by atoms with Gasteiger partial charge in [0.25, 0.3) is 0 Å². The third kappa shape index (κ3) is 1.89. The molecule has 0 saturated heterocycles. The molecule has 0 aliphatic rings. The first kappa shape index (κ1) is 10.6. The number of halogens is 2. The summed E-state index contributed by atoms with van der Waals surface area (Å²) >= 11 is 9.23. The Morgan fingerprint density at radius 2 is 2.07 bits per heavy atom. The third-order valence-corrected chi connectivity index (χ3v) is 3.18. The van der Waals surface area contributed by atoms with Gasteiger partial charge in [0.2, 0.25) is 0 Å². The lowest BCUT2D eigenvalue weighted by atomic mass is 10.4. The maximum atomic E-state index is 5.88. The van der Waals surface area contributed by atoms with Crippen LogP contribution in [0.5, 0.6) is 0 Å². The molecule has 15 heavy (non-hydrogen) atoms. The van der Waals surface area contributed by atoms with Crippen LogP contribution in [-0.2, 0) is 0 Å². The Kier molecular flexibility index (Phi) is 2.75. The van der Waals surface area contributed by atoms with Crippen molar-refractivity contribution in [2.75, 3.05) is 0 Å². The second-order valence-electron chi connectivity index (χ2n) is 3.14. The molecule has 0 N–H and O–H groups in total. The van der Waals surface area contributed by atoms with Gasteiger partial charge in [-0.05, 0) is 35.8 Å². The number of nitrogens with zero attached hydrogens (tertiary/aromatic N) is 4. The minimum Gasteiger partial charge on any atom is -0.223 e. The van der Waals surface area contributed by atoms with Gasteiger partial charge >= 0.3 is 0 Å². The smallest absolute Gasteiger partial charge is 0.172 e. The molecule has 2 heterocycles. The standard InChI is InChI=1S/C9H8BrClN4/c1-5-3-6(2)15(14-5)9-7(10)8(11)12-4-13-9/h3-4H,1-2H3. The van der Waals surface area contributed by atoms with Crippen molar-refractivity contribution in [2.45, 2.75) is 13.8 Å². The van der Waals surface area contributed by atoms with Crippen LogP contribution in [0.4, 0.5) is 0 Å². The lowest BCUT2D eigenvalue weighted by Crippen LogP contribution is -2.03. The van der Waals surface area contributed by atoms with Crippen molar-refractivity contribution in [2.24, 2.45) is 0 Å². The van der Waals surface area contributed by atoms with Gasteiger partial charge in [0, 0.05) is 5.69 Å². The molecule has 2 rings (SSSR count). The minimum absolute atomic E-state index is 0.382. The van der Waals surface area contributed by atoms with Gasteiger partial charge in [0.1, 0.15) is 11.5 Å². The Morgan fingerprint density at radius 3 is 2.67 bits per heavy atom. The average molecular weight is 288 g/mol. The number of hydrogen-bond acceptors (Lipinski definition) is 3. The highest BCUT2D eigenvalue weighted by molar-refractivity contribution is 9.10. The van der Waals surface area contributed by atoms with Crippen LogP contribution < -0.4 is 0 Å². The van der Waals surface area contributed by atoms with E-state index in [1.807, 2.05) is 19.9 Å². The first-order valence-electron chi connectivity index (χ1n) is 4.29. The molecular formula is C9H8BrClN4. The van der Waals surface area contributed by atoms with Crippen LogP contribution in [0.1, 0.15) is 11.4 Å². The molecule has 0 amide bonds. The number of hydrogen-bond donors (Lipinski definition) is 0. The minimum atomic E-state index is 0.382. The third-order valence-electron chi connectivity index (χ3n) is 1.94. The molecule has 6 heteroatoms. The second-order valence-corrected chi connectivity index (χ2v) is 4.29. The van der Waals surface area contributed by atoms with E-state index in [1.54, 1.807) is 4.68 Å². The Balaban J connectivity index is 2.64. The fraction of sp³-hybridized carbons (Fsp3) is 0.222. The summed E-state index contributed by atoms with van der Waals surface area (Å²) in [4.78, 5) is 8.01. The highest BCUT2D eigenvalue weighted by atomic mass is 79.9. The first-order chi connectivity index (χ1) is 7.09. The molecule has 2 aromatic heterocycles. The van der Waals surface area contributed by atoms with E-state index in [0.29, 0.717) is 15.4 Å². The van der Waals surface area contributed by atoms with Crippen molar-refractivity contribution >= 4 is 27.5 Å². The number of aryl methyl sites for hydroxylation is 2. The fourth-order valence-electron chi connectivity index (χ4n) is 1.33. The van der Waals surface area contributed by atoms with Crippen LogP contribution in [0.25, 0.3) is 5.82 Å². The summed E-state index contributed by atoms with van der Waals surface area (Å²) in [5.74, 6) is 0.653. The molecule has 0 saturated carbocycles. The van der Waals surface area contributed by atoms with Crippen molar-refractivity contribution in [1.82, 2.24) is 19.7 Å². The molecule has 2 aromatic rings. The maximum Gasteiger partial charge on any atom is 0.172 e. The van der Waals surface area contributed by atoms with Gasteiger partial charge in [0.15, 0.2) is 5.82 Å². The summed E-state index contributed by atoms with van der Waals surface area (Å²) in [6, 6.07) is 1.97. The Morgan fingerprint density at radius 1 is 1.33 bits per heavy atom. The normalized spacial score (nSPS) is 10.7. The fourth-order valence-corrected chi connectivity index (χ4v) is 1.83. The van der Waals surface area contributed by atoms with Crippen LogP contribution in [0, 0.1) is 13.8 Å². The van der Waals surface area contributed by atoms with Crippen molar-refractivity contribution < 1.29 is 0 Å². The van der Waals surface area contributed by atoms with E-state index in [-0.39, 0.29) is 0 Å². The van der Waals surface area contributed by atoms with Gasteiger partial charge in [-0.25, -0.2) is 14.6 Å². The summed E-state index contributed by atoms with van der Waals surface area (Å²) in [5, 5.41) is 4.70. The lowest BCUT2D eigenvalue weighted by Gasteiger charge is -2.05. The molecule has 0 bridgehead atoms. The predicted molar refractivity (Wildman–Crippen MR) is 61.3 cm³/mol. The molecule has 0 radical (unpaired) electrons.